The minimum absolute atomic E-state index is 0.510. The highest BCUT2D eigenvalue weighted by atomic mass is 35.5. The van der Waals surface area contributed by atoms with Crippen molar-refractivity contribution in [1.82, 2.24) is 4.98 Å². The Labute approximate surface area is 92.6 Å². The molecule has 1 aromatic carbocycles. The van der Waals surface area contributed by atoms with Crippen molar-refractivity contribution >= 4 is 22.5 Å². The van der Waals surface area contributed by atoms with Crippen LogP contribution in [0, 0.1) is 0 Å². The normalized spacial score (nSPS) is 13.1. The molecule has 0 saturated heterocycles. The van der Waals surface area contributed by atoms with Crippen LogP contribution in [0.5, 0.6) is 5.75 Å². The molecule has 1 heterocycles. The fraction of sp³-hybridized carbons (Fsp3) is 0.273. The van der Waals surface area contributed by atoms with Crippen molar-refractivity contribution in [3.63, 3.8) is 0 Å². The second kappa shape index (κ2) is 3.76. The van der Waals surface area contributed by atoms with Crippen molar-refractivity contribution in [2.45, 2.75) is 13.0 Å². The van der Waals surface area contributed by atoms with Gasteiger partial charge in [0.2, 0.25) is 0 Å². The van der Waals surface area contributed by atoms with E-state index in [0.29, 0.717) is 10.8 Å². The topological polar surface area (TPSA) is 45.2 Å². The molecule has 1 unspecified atom stereocenters. The van der Waals surface area contributed by atoms with E-state index in [2.05, 4.69) is 4.98 Å². The van der Waals surface area contributed by atoms with E-state index in [1.807, 2.05) is 6.07 Å². The molecular formula is C11H12ClNO2. The molecule has 0 saturated carbocycles. The second-order valence-electron chi connectivity index (χ2n) is 3.45. The van der Waals surface area contributed by atoms with Gasteiger partial charge in [-0.25, -0.2) is 0 Å². The predicted molar refractivity (Wildman–Crippen MR) is 60.5 cm³/mol. The van der Waals surface area contributed by atoms with Gasteiger partial charge in [0.15, 0.2) is 0 Å². The summed E-state index contributed by atoms with van der Waals surface area (Å²) in [6, 6.07) is 3.62. The lowest BCUT2D eigenvalue weighted by molar-refractivity contribution is 0.201. The molecule has 2 aromatic rings. The predicted octanol–water partition coefficient (Wildman–Crippen LogP) is 2.88. The van der Waals surface area contributed by atoms with E-state index in [9.17, 15) is 5.11 Å². The van der Waals surface area contributed by atoms with Gasteiger partial charge in [-0.15, -0.1) is 0 Å². The SMILES string of the molecule is COc1cc2c(C(C)O)c[nH]c2cc1Cl. The van der Waals surface area contributed by atoms with Crippen molar-refractivity contribution in [1.29, 1.82) is 0 Å². The molecule has 0 aliphatic carbocycles. The lowest BCUT2D eigenvalue weighted by atomic mass is 10.1. The van der Waals surface area contributed by atoms with Crippen LogP contribution in [0.1, 0.15) is 18.6 Å². The number of ether oxygens (including phenoxy) is 1. The molecule has 15 heavy (non-hydrogen) atoms. The Morgan fingerprint density at radius 1 is 1.47 bits per heavy atom. The van der Waals surface area contributed by atoms with Gasteiger partial charge in [0.25, 0.3) is 0 Å². The number of aliphatic hydroxyl groups excluding tert-OH is 1. The Balaban J connectivity index is 2.69. The first-order chi connectivity index (χ1) is 7.13. The van der Waals surface area contributed by atoms with Crippen molar-refractivity contribution in [3.8, 4) is 5.75 Å². The minimum atomic E-state index is -0.510. The van der Waals surface area contributed by atoms with Gasteiger partial charge in [-0.3, -0.25) is 0 Å². The van der Waals surface area contributed by atoms with E-state index in [-0.39, 0.29) is 0 Å². The number of aromatic amines is 1. The third-order valence-electron chi connectivity index (χ3n) is 2.44. The summed E-state index contributed by atoms with van der Waals surface area (Å²) in [5, 5.41) is 11.0. The monoisotopic (exact) mass is 225 g/mol. The number of nitrogens with one attached hydrogen (secondary N) is 1. The van der Waals surface area contributed by atoms with Crippen LogP contribution >= 0.6 is 11.6 Å². The van der Waals surface area contributed by atoms with Gasteiger partial charge in [0.05, 0.1) is 18.2 Å². The fourth-order valence-corrected chi connectivity index (χ4v) is 1.89. The molecule has 0 fully saturated rings. The molecule has 2 N–H and O–H groups in total. The van der Waals surface area contributed by atoms with Crippen LogP contribution in [0.25, 0.3) is 10.9 Å². The number of hydrogen-bond acceptors (Lipinski definition) is 2. The summed E-state index contributed by atoms with van der Waals surface area (Å²) in [6.45, 7) is 1.73. The quantitative estimate of drug-likeness (QED) is 0.826. The van der Waals surface area contributed by atoms with Crippen LogP contribution in [0.4, 0.5) is 0 Å². The summed E-state index contributed by atoms with van der Waals surface area (Å²) in [4.78, 5) is 3.06. The third kappa shape index (κ3) is 1.68. The molecule has 0 amide bonds. The lowest BCUT2D eigenvalue weighted by Crippen LogP contribution is -1.89. The zero-order valence-electron chi connectivity index (χ0n) is 8.54. The van der Waals surface area contributed by atoms with Gasteiger partial charge in [0, 0.05) is 22.7 Å². The van der Waals surface area contributed by atoms with Crippen molar-refractivity contribution in [2.75, 3.05) is 7.11 Å². The number of fused-ring (bicyclic) bond motifs is 1. The molecule has 0 spiro atoms. The van der Waals surface area contributed by atoms with Gasteiger partial charge >= 0.3 is 0 Å². The molecule has 3 nitrogen and oxygen atoms in total. The molecule has 1 atom stereocenters. The maximum Gasteiger partial charge on any atom is 0.138 e. The standard InChI is InChI=1S/C11H12ClNO2/c1-6(14)8-5-13-10-4-9(12)11(15-2)3-7(8)10/h3-6,13-14H,1-2H3. The van der Waals surface area contributed by atoms with Gasteiger partial charge in [0.1, 0.15) is 5.75 Å². The molecule has 2 rings (SSSR count). The number of aromatic nitrogens is 1. The Morgan fingerprint density at radius 2 is 2.20 bits per heavy atom. The molecule has 1 aromatic heterocycles. The first kappa shape index (κ1) is 10.3. The average Bonchev–Trinajstić information content (AvgIpc) is 2.59. The highest BCUT2D eigenvalue weighted by Crippen LogP contribution is 2.33. The van der Waals surface area contributed by atoms with Crippen LogP contribution in [0.15, 0.2) is 18.3 Å². The maximum absolute atomic E-state index is 9.55. The van der Waals surface area contributed by atoms with E-state index in [4.69, 9.17) is 16.3 Å². The third-order valence-corrected chi connectivity index (χ3v) is 2.73. The summed E-state index contributed by atoms with van der Waals surface area (Å²) in [7, 11) is 1.57. The molecular weight excluding hydrogens is 214 g/mol. The maximum atomic E-state index is 9.55. The van der Waals surface area contributed by atoms with Crippen LogP contribution in [0.3, 0.4) is 0 Å². The van der Waals surface area contributed by atoms with Gasteiger partial charge < -0.3 is 14.8 Å². The van der Waals surface area contributed by atoms with Crippen LogP contribution in [0.2, 0.25) is 5.02 Å². The molecule has 0 radical (unpaired) electrons. The minimum Gasteiger partial charge on any atom is -0.495 e. The zero-order valence-corrected chi connectivity index (χ0v) is 9.30. The average molecular weight is 226 g/mol. The van der Waals surface area contributed by atoms with Crippen LogP contribution in [-0.2, 0) is 0 Å². The van der Waals surface area contributed by atoms with E-state index < -0.39 is 6.10 Å². The summed E-state index contributed by atoms with van der Waals surface area (Å²) in [5.74, 6) is 0.616. The van der Waals surface area contributed by atoms with Gasteiger partial charge in [-0.05, 0) is 19.1 Å². The molecule has 0 bridgehead atoms. The zero-order chi connectivity index (χ0) is 11.0. The number of benzene rings is 1. The largest absolute Gasteiger partial charge is 0.495 e. The highest BCUT2D eigenvalue weighted by molar-refractivity contribution is 6.32. The number of rotatable bonds is 2. The van der Waals surface area contributed by atoms with Gasteiger partial charge in [-0.2, -0.15) is 0 Å². The lowest BCUT2D eigenvalue weighted by Gasteiger charge is -2.05. The van der Waals surface area contributed by atoms with E-state index in [1.54, 1.807) is 26.3 Å². The van der Waals surface area contributed by atoms with E-state index >= 15 is 0 Å². The molecule has 80 valence electrons. The molecule has 0 aliphatic heterocycles. The first-order valence-electron chi connectivity index (χ1n) is 4.66. The van der Waals surface area contributed by atoms with E-state index in [0.717, 1.165) is 16.5 Å². The summed E-state index contributed by atoms with van der Waals surface area (Å²) < 4.78 is 5.13. The molecule has 0 aliphatic rings. The summed E-state index contributed by atoms with van der Waals surface area (Å²) >= 11 is 5.98. The Morgan fingerprint density at radius 3 is 2.80 bits per heavy atom. The second-order valence-corrected chi connectivity index (χ2v) is 3.86. The Kier molecular flexibility index (Phi) is 2.59. The molecule has 4 heteroatoms. The van der Waals surface area contributed by atoms with Crippen LogP contribution < -0.4 is 4.74 Å². The van der Waals surface area contributed by atoms with Crippen molar-refractivity contribution in [2.24, 2.45) is 0 Å². The summed E-state index contributed by atoms with van der Waals surface area (Å²) in [5.41, 5.74) is 1.75. The fourth-order valence-electron chi connectivity index (χ4n) is 1.65. The summed E-state index contributed by atoms with van der Waals surface area (Å²) in [6.07, 6.45) is 1.27. The number of H-pyrrole nitrogens is 1. The number of aliphatic hydroxyl groups is 1. The highest BCUT2D eigenvalue weighted by Gasteiger charge is 2.11. The van der Waals surface area contributed by atoms with Crippen molar-refractivity contribution in [3.05, 3.63) is 28.9 Å². The number of halogens is 1. The smallest absolute Gasteiger partial charge is 0.138 e. The Bertz CT molecular complexity index is 491. The Hall–Kier alpha value is -1.19. The number of methoxy groups -OCH3 is 1. The van der Waals surface area contributed by atoms with E-state index in [1.165, 1.54) is 0 Å². The van der Waals surface area contributed by atoms with Crippen molar-refractivity contribution < 1.29 is 9.84 Å². The first-order valence-corrected chi connectivity index (χ1v) is 5.04. The van der Waals surface area contributed by atoms with Crippen LogP contribution in [-0.4, -0.2) is 17.2 Å². The van der Waals surface area contributed by atoms with Gasteiger partial charge in [-0.1, -0.05) is 11.6 Å². The number of hydrogen-bond donors (Lipinski definition) is 2.